The van der Waals surface area contributed by atoms with Crippen molar-refractivity contribution in [3.8, 4) is 0 Å². The molecule has 1 N–H and O–H groups in total. The number of nitrogens with zero attached hydrogens (tertiary/aromatic N) is 2. The van der Waals surface area contributed by atoms with E-state index in [4.69, 9.17) is 0 Å². The molecule has 3 rings (SSSR count). The number of aryl methyl sites for hydroxylation is 1. The number of nitrogens with one attached hydrogen (secondary N) is 1. The van der Waals surface area contributed by atoms with Crippen molar-refractivity contribution in [3.63, 3.8) is 0 Å². The number of amides is 1. The van der Waals surface area contributed by atoms with Crippen LogP contribution in [0, 0.1) is 6.92 Å². The summed E-state index contributed by atoms with van der Waals surface area (Å²) in [6.45, 7) is 6.43. The zero-order chi connectivity index (χ0) is 19.1. The molecule has 27 heavy (non-hydrogen) atoms. The van der Waals surface area contributed by atoms with Gasteiger partial charge >= 0.3 is 0 Å². The van der Waals surface area contributed by atoms with Crippen LogP contribution in [0.25, 0.3) is 0 Å². The van der Waals surface area contributed by atoms with Crippen LogP contribution < -0.4 is 10.2 Å². The Morgan fingerprint density at radius 1 is 1.07 bits per heavy atom. The Bertz CT molecular complexity index is 742. The third-order valence-electron chi connectivity index (χ3n) is 4.88. The number of hydrogen-bond donors (Lipinski definition) is 1. The van der Waals surface area contributed by atoms with Crippen LogP contribution in [-0.2, 0) is 4.79 Å². The molecule has 2 aromatic rings. The fraction of sp³-hybridized carbons (Fsp3) is 0.409. The number of piperazine rings is 1. The molecule has 1 aliphatic rings. The largest absolute Gasteiger partial charge is 0.369 e. The average Bonchev–Trinajstić information content (AvgIpc) is 2.67. The van der Waals surface area contributed by atoms with Crippen molar-refractivity contribution in [1.29, 1.82) is 0 Å². The van der Waals surface area contributed by atoms with Gasteiger partial charge in [-0.1, -0.05) is 18.2 Å². The summed E-state index contributed by atoms with van der Waals surface area (Å²) in [6.07, 6.45) is 1.43. The predicted octanol–water partition coefficient (Wildman–Crippen LogP) is 4.26. The highest BCUT2D eigenvalue weighted by Gasteiger charge is 2.16. The van der Waals surface area contributed by atoms with Crippen LogP contribution in [0.3, 0.4) is 0 Å². The lowest BCUT2D eigenvalue weighted by molar-refractivity contribution is -0.116. The molecular weight excluding hydrogens is 354 g/mol. The molecule has 4 nitrogen and oxygen atoms in total. The minimum atomic E-state index is 0.0930. The van der Waals surface area contributed by atoms with E-state index in [9.17, 15) is 4.79 Å². The topological polar surface area (TPSA) is 35.6 Å². The van der Waals surface area contributed by atoms with Gasteiger partial charge in [0.2, 0.25) is 5.91 Å². The quantitative estimate of drug-likeness (QED) is 0.572. The molecule has 1 saturated heterocycles. The number of anilines is 2. The summed E-state index contributed by atoms with van der Waals surface area (Å²) in [7, 11) is 2.17. The number of carbonyl (C=O) groups excluding carboxylic acids is 1. The van der Waals surface area contributed by atoms with Gasteiger partial charge in [-0.05, 0) is 62.0 Å². The highest BCUT2D eigenvalue weighted by atomic mass is 32.2. The Morgan fingerprint density at radius 3 is 2.52 bits per heavy atom. The summed E-state index contributed by atoms with van der Waals surface area (Å²) in [5.74, 6) is 1.05. The number of likely N-dealkylation sites (N-methyl/N-ethyl adjacent to an activating group) is 1. The molecule has 144 valence electrons. The number of thioether (sulfide) groups is 1. The van der Waals surface area contributed by atoms with Gasteiger partial charge in [0.05, 0.1) is 0 Å². The van der Waals surface area contributed by atoms with Crippen LogP contribution in [0.2, 0.25) is 0 Å². The second-order valence-electron chi connectivity index (χ2n) is 7.10. The van der Waals surface area contributed by atoms with Crippen LogP contribution in [-0.4, -0.2) is 49.8 Å². The van der Waals surface area contributed by atoms with E-state index in [-0.39, 0.29) is 5.91 Å². The molecule has 0 aliphatic carbocycles. The average molecular weight is 384 g/mol. The minimum Gasteiger partial charge on any atom is -0.369 e. The maximum absolute atomic E-state index is 12.2. The van der Waals surface area contributed by atoms with Gasteiger partial charge in [0.1, 0.15) is 0 Å². The highest BCUT2D eigenvalue weighted by molar-refractivity contribution is 7.99. The van der Waals surface area contributed by atoms with E-state index < -0.39 is 0 Å². The first-order valence-electron chi connectivity index (χ1n) is 9.63. The SMILES string of the molecule is Cc1cc(NC(=O)CCCSc2ccccc2)ccc1N1CCN(C)CC1. The van der Waals surface area contributed by atoms with E-state index in [1.165, 1.54) is 16.1 Å². The van der Waals surface area contributed by atoms with E-state index in [0.29, 0.717) is 6.42 Å². The molecule has 1 amide bonds. The normalized spacial score (nSPS) is 15.0. The summed E-state index contributed by atoms with van der Waals surface area (Å²) in [5, 5.41) is 3.04. The van der Waals surface area contributed by atoms with Crippen molar-refractivity contribution in [2.24, 2.45) is 0 Å². The van der Waals surface area contributed by atoms with Crippen LogP contribution in [0.4, 0.5) is 11.4 Å². The van der Waals surface area contributed by atoms with Crippen molar-refractivity contribution >= 4 is 29.0 Å². The lowest BCUT2D eigenvalue weighted by Gasteiger charge is -2.35. The zero-order valence-electron chi connectivity index (χ0n) is 16.3. The Kier molecular flexibility index (Phi) is 7.18. The molecule has 1 aliphatic heterocycles. The molecule has 1 heterocycles. The van der Waals surface area contributed by atoms with E-state index in [2.05, 4.69) is 53.4 Å². The molecule has 0 bridgehead atoms. The van der Waals surface area contributed by atoms with Gasteiger partial charge in [-0.2, -0.15) is 0 Å². The van der Waals surface area contributed by atoms with E-state index >= 15 is 0 Å². The highest BCUT2D eigenvalue weighted by Crippen LogP contribution is 2.25. The lowest BCUT2D eigenvalue weighted by Crippen LogP contribution is -2.44. The predicted molar refractivity (Wildman–Crippen MR) is 116 cm³/mol. The van der Waals surface area contributed by atoms with Gasteiger partial charge in [-0.25, -0.2) is 0 Å². The number of carbonyl (C=O) groups is 1. The maximum Gasteiger partial charge on any atom is 0.224 e. The van der Waals surface area contributed by atoms with Crippen LogP contribution in [0.15, 0.2) is 53.4 Å². The third kappa shape index (κ3) is 6.01. The van der Waals surface area contributed by atoms with Crippen LogP contribution in [0.1, 0.15) is 18.4 Å². The number of benzene rings is 2. The number of rotatable bonds is 7. The molecule has 0 spiro atoms. The summed E-state index contributed by atoms with van der Waals surface area (Å²) in [5.41, 5.74) is 3.39. The van der Waals surface area contributed by atoms with Gasteiger partial charge in [-0.3, -0.25) is 4.79 Å². The van der Waals surface area contributed by atoms with E-state index in [1.54, 1.807) is 11.8 Å². The molecular formula is C22H29N3OS. The van der Waals surface area contributed by atoms with Crippen LogP contribution >= 0.6 is 11.8 Å². The molecule has 5 heteroatoms. The van der Waals surface area contributed by atoms with Crippen molar-refractivity contribution in [1.82, 2.24) is 4.90 Å². The summed E-state index contributed by atoms with van der Waals surface area (Å²) < 4.78 is 0. The molecule has 0 radical (unpaired) electrons. The fourth-order valence-corrected chi connectivity index (χ4v) is 4.17. The van der Waals surface area contributed by atoms with Gasteiger partial charge in [0, 0.05) is 48.9 Å². The van der Waals surface area contributed by atoms with Crippen LogP contribution in [0.5, 0.6) is 0 Å². The Balaban J connectivity index is 1.44. The second kappa shape index (κ2) is 9.81. The van der Waals surface area contributed by atoms with E-state index in [0.717, 1.165) is 44.0 Å². The van der Waals surface area contributed by atoms with Gasteiger partial charge < -0.3 is 15.1 Å². The van der Waals surface area contributed by atoms with Gasteiger partial charge in [0.25, 0.3) is 0 Å². The number of hydrogen-bond acceptors (Lipinski definition) is 4. The van der Waals surface area contributed by atoms with Gasteiger partial charge in [0.15, 0.2) is 0 Å². The van der Waals surface area contributed by atoms with Crippen molar-refractivity contribution in [2.45, 2.75) is 24.7 Å². The fourth-order valence-electron chi connectivity index (χ4n) is 3.30. The summed E-state index contributed by atoms with van der Waals surface area (Å²) in [6, 6.07) is 16.6. The molecule has 0 unspecified atom stereocenters. The first kappa shape index (κ1) is 19.8. The standard InChI is InChI=1S/C22H29N3OS/c1-18-17-19(10-11-21(18)25-14-12-24(2)13-15-25)23-22(26)9-6-16-27-20-7-4-3-5-8-20/h3-5,7-8,10-11,17H,6,9,12-16H2,1-2H3,(H,23,26). The Hall–Kier alpha value is -1.98. The zero-order valence-corrected chi connectivity index (χ0v) is 17.1. The summed E-state index contributed by atoms with van der Waals surface area (Å²) in [4.78, 5) is 18.3. The van der Waals surface area contributed by atoms with Crippen molar-refractivity contribution in [3.05, 3.63) is 54.1 Å². The molecule has 0 saturated carbocycles. The van der Waals surface area contributed by atoms with Gasteiger partial charge in [-0.15, -0.1) is 11.8 Å². The first-order chi connectivity index (χ1) is 13.1. The maximum atomic E-state index is 12.2. The first-order valence-corrected chi connectivity index (χ1v) is 10.6. The molecule has 1 fully saturated rings. The molecule has 2 aromatic carbocycles. The Morgan fingerprint density at radius 2 is 1.81 bits per heavy atom. The minimum absolute atomic E-state index is 0.0930. The van der Waals surface area contributed by atoms with Crippen molar-refractivity contribution < 1.29 is 4.79 Å². The third-order valence-corrected chi connectivity index (χ3v) is 5.98. The molecule has 0 atom stereocenters. The molecule has 0 aromatic heterocycles. The van der Waals surface area contributed by atoms with E-state index in [1.807, 2.05) is 24.3 Å². The summed E-state index contributed by atoms with van der Waals surface area (Å²) >= 11 is 1.80. The monoisotopic (exact) mass is 383 g/mol. The Labute approximate surface area is 166 Å². The lowest BCUT2D eigenvalue weighted by atomic mass is 10.1. The van der Waals surface area contributed by atoms with Crippen molar-refractivity contribution in [2.75, 3.05) is 49.2 Å². The smallest absolute Gasteiger partial charge is 0.224 e. The second-order valence-corrected chi connectivity index (χ2v) is 8.27.